The van der Waals surface area contributed by atoms with E-state index in [0.29, 0.717) is 42.9 Å². The minimum Gasteiger partial charge on any atom is -0.353 e. The van der Waals surface area contributed by atoms with Gasteiger partial charge in [0.2, 0.25) is 10.0 Å². The molecule has 2 aromatic rings. The fourth-order valence-corrected chi connectivity index (χ4v) is 3.33. The summed E-state index contributed by atoms with van der Waals surface area (Å²) in [7, 11) is -3.17. The van der Waals surface area contributed by atoms with Crippen LogP contribution in [0.4, 0.5) is 10.2 Å². The standard InChI is InChI=1S/C13H15FN4O2S/c1-21(19,20)18-6-4-17(5-7-18)13-11-8-10(14)2-3-12(11)15-9-16-13/h2-3,8-9H,4-7H2,1H3. The maximum atomic E-state index is 13.4. The highest BCUT2D eigenvalue weighted by atomic mass is 32.2. The van der Waals surface area contributed by atoms with Gasteiger partial charge < -0.3 is 4.90 Å². The Labute approximate surface area is 122 Å². The number of anilines is 1. The maximum absolute atomic E-state index is 13.4. The molecule has 0 atom stereocenters. The van der Waals surface area contributed by atoms with Crippen molar-refractivity contribution in [2.75, 3.05) is 37.3 Å². The highest BCUT2D eigenvalue weighted by molar-refractivity contribution is 7.88. The second kappa shape index (κ2) is 5.19. The lowest BCUT2D eigenvalue weighted by Gasteiger charge is -2.34. The second-order valence-electron chi connectivity index (χ2n) is 5.01. The van der Waals surface area contributed by atoms with Gasteiger partial charge in [-0.25, -0.2) is 22.8 Å². The van der Waals surface area contributed by atoms with Crippen LogP contribution in [0, 0.1) is 5.82 Å². The summed E-state index contributed by atoms with van der Waals surface area (Å²) < 4.78 is 37.9. The van der Waals surface area contributed by atoms with Crippen LogP contribution in [0.1, 0.15) is 0 Å². The lowest BCUT2D eigenvalue weighted by molar-refractivity contribution is 0.387. The van der Waals surface area contributed by atoms with E-state index in [2.05, 4.69) is 9.97 Å². The molecular formula is C13H15FN4O2S. The Bertz CT molecular complexity index is 773. The Morgan fingerprint density at radius 2 is 1.86 bits per heavy atom. The van der Waals surface area contributed by atoms with Gasteiger partial charge in [-0.15, -0.1) is 0 Å². The quantitative estimate of drug-likeness (QED) is 0.823. The maximum Gasteiger partial charge on any atom is 0.211 e. The van der Waals surface area contributed by atoms with Crippen LogP contribution in [0.2, 0.25) is 0 Å². The molecule has 0 aliphatic carbocycles. The first-order chi connectivity index (χ1) is 9.95. The predicted molar refractivity (Wildman–Crippen MR) is 78.1 cm³/mol. The molecule has 2 heterocycles. The van der Waals surface area contributed by atoms with E-state index in [1.807, 2.05) is 4.90 Å². The van der Waals surface area contributed by atoms with Crippen LogP contribution in [0.15, 0.2) is 24.5 Å². The van der Waals surface area contributed by atoms with E-state index >= 15 is 0 Å². The zero-order valence-corrected chi connectivity index (χ0v) is 12.3. The van der Waals surface area contributed by atoms with E-state index in [1.165, 1.54) is 29.0 Å². The molecule has 8 heteroatoms. The van der Waals surface area contributed by atoms with Gasteiger partial charge in [-0.2, -0.15) is 4.31 Å². The van der Waals surface area contributed by atoms with Crippen molar-refractivity contribution in [2.45, 2.75) is 0 Å². The second-order valence-corrected chi connectivity index (χ2v) is 6.99. The third kappa shape index (κ3) is 2.81. The molecule has 21 heavy (non-hydrogen) atoms. The summed E-state index contributed by atoms with van der Waals surface area (Å²) in [5.41, 5.74) is 0.673. The van der Waals surface area contributed by atoms with Crippen molar-refractivity contribution < 1.29 is 12.8 Å². The van der Waals surface area contributed by atoms with Gasteiger partial charge >= 0.3 is 0 Å². The Morgan fingerprint density at radius 3 is 2.52 bits per heavy atom. The SMILES string of the molecule is CS(=O)(=O)N1CCN(c2ncnc3ccc(F)cc23)CC1. The molecular weight excluding hydrogens is 295 g/mol. The van der Waals surface area contributed by atoms with Crippen LogP contribution in [0.25, 0.3) is 10.9 Å². The number of rotatable bonds is 2. The van der Waals surface area contributed by atoms with Crippen LogP contribution >= 0.6 is 0 Å². The van der Waals surface area contributed by atoms with Crippen molar-refractivity contribution in [1.82, 2.24) is 14.3 Å². The van der Waals surface area contributed by atoms with Crippen molar-refractivity contribution in [3.05, 3.63) is 30.3 Å². The highest BCUT2D eigenvalue weighted by Crippen LogP contribution is 2.24. The molecule has 0 radical (unpaired) electrons. The van der Waals surface area contributed by atoms with Gasteiger partial charge in [0.05, 0.1) is 11.8 Å². The molecule has 1 saturated heterocycles. The Morgan fingerprint density at radius 1 is 1.14 bits per heavy atom. The van der Waals surface area contributed by atoms with E-state index < -0.39 is 10.0 Å². The smallest absolute Gasteiger partial charge is 0.211 e. The first-order valence-electron chi connectivity index (χ1n) is 6.55. The van der Waals surface area contributed by atoms with Crippen LogP contribution in [0.5, 0.6) is 0 Å². The number of halogens is 1. The van der Waals surface area contributed by atoms with Crippen LogP contribution in [0.3, 0.4) is 0 Å². The first-order valence-corrected chi connectivity index (χ1v) is 8.40. The summed E-state index contributed by atoms with van der Waals surface area (Å²) in [4.78, 5) is 10.3. The fraction of sp³-hybridized carbons (Fsp3) is 0.385. The Hall–Kier alpha value is -1.80. The molecule has 1 aromatic heterocycles. The van der Waals surface area contributed by atoms with E-state index in [1.54, 1.807) is 6.07 Å². The minimum atomic E-state index is -3.17. The van der Waals surface area contributed by atoms with Gasteiger partial charge in [0.25, 0.3) is 0 Å². The lowest BCUT2D eigenvalue weighted by Crippen LogP contribution is -2.48. The van der Waals surface area contributed by atoms with Crippen molar-refractivity contribution in [3.63, 3.8) is 0 Å². The lowest BCUT2D eigenvalue weighted by atomic mass is 10.2. The summed E-state index contributed by atoms with van der Waals surface area (Å²) in [6.45, 7) is 1.85. The molecule has 0 saturated carbocycles. The number of hydrogen-bond donors (Lipinski definition) is 0. The van der Waals surface area contributed by atoms with E-state index in [4.69, 9.17) is 0 Å². The van der Waals surface area contributed by atoms with Crippen LogP contribution < -0.4 is 4.90 Å². The van der Waals surface area contributed by atoms with Crippen LogP contribution in [-0.4, -0.2) is 55.1 Å². The van der Waals surface area contributed by atoms with Gasteiger partial charge in [-0.1, -0.05) is 0 Å². The molecule has 1 fully saturated rings. The average Bonchev–Trinajstić information content (AvgIpc) is 2.46. The number of benzene rings is 1. The third-order valence-electron chi connectivity index (χ3n) is 3.58. The summed E-state index contributed by atoms with van der Waals surface area (Å²) in [6.07, 6.45) is 2.65. The zero-order chi connectivity index (χ0) is 15.0. The molecule has 1 aromatic carbocycles. The molecule has 1 aliphatic heterocycles. The van der Waals surface area contributed by atoms with E-state index in [-0.39, 0.29) is 5.82 Å². The molecule has 0 unspecified atom stereocenters. The number of aromatic nitrogens is 2. The fourth-order valence-electron chi connectivity index (χ4n) is 2.50. The summed E-state index contributed by atoms with van der Waals surface area (Å²) in [5.74, 6) is 0.306. The van der Waals surface area contributed by atoms with Crippen molar-refractivity contribution in [1.29, 1.82) is 0 Å². The van der Waals surface area contributed by atoms with Gasteiger partial charge in [-0.3, -0.25) is 0 Å². The van der Waals surface area contributed by atoms with Crippen molar-refractivity contribution >= 4 is 26.7 Å². The Balaban J connectivity index is 1.91. The molecule has 0 spiro atoms. The van der Waals surface area contributed by atoms with Gasteiger partial charge in [0.15, 0.2) is 0 Å². The first kappa shape index (κ1) is 14.2. The topological polar surface area (TPSA) is 66.4 Å². The molecule has 112 valence electrons. The molecule has 0 N–H and O–H groups in total. The number of nitrogens with zero attached hydrogens (tertiary/aromatic N) is 4. The average molecular weight is 310 g/mol. The summed E-state index contributed by atoms with van der Waals surface area (Å²) >= 11 is 0. The normalized spacial score (nSPS) is 17.3. The number of piperazine rings is 1. The molecule has 0 bridgehead atoms. The number of hydrogen-bond acceptors (Lipinski definition) is 5. The number of fused-ring (bicyclic) bond motifs is 1. The van der Waals surface area contributed by atoms with Gasteiger partial charge in [0, 0.05) is 31.6 Å². The monoisotopic (exact) mass is 310 g/mol. The van der Waals surface area contributed by atoms with E-state index in [9.17, 15) is 12.8 Å². The van der Waals surface area contributed by atoms with Crippen LogP contribution in [-0.2, 0) is 10.0 Å². The van der Waals surface area contributed by atoms with Gasteiger partial charge in [-0.05, 0) is 18.2 Å². The zero-order valence-electron chi connectivity index (χ0n) is 11.5. The molecule has 0 amide bonds. The largest absolute Gasteiger partial charge is 0.353 e. The van der Waals surface area contributed by atoms with Gasteiger partial charge in [0.1, 0.15) is 18.0 Å². The number of sulfonamides is 1. The molecule has 3 rings (SSSR count). The predicted octanol–water partition coefficient (Wildman–Crippen LogP) is 0.850. The molecule has 6 nitrogen and oxygen atoms in total. The van der Waals surface area contributed by atoms with Crippen molar-refractivity contribution in [2.24, 2.45) is 0 Å². The Kier molecular flexibility index (Phi) is 3.50. The third-order valence-corrected chi connectivity index (χ3v) is 4.89. The van der Waals surface area contributed by atoms with Crippen molar-refractivity contribution in [3.8, 4) is 0 Å². The molecule has 1 aliphatic rings. The highest BCUT2D eigenvalue weighted by Gasteiger charge is 2.25. The summed E-state index contributed by atoms with van der Waals surface area (Å²) in [5, 5.41) is 0.644. The van der Waals surface area contributed by atoms with E-state index in [0.717, 1.165) is 0 Å². The summed E-state index contributed by atoms with van der Waals surface area (Å²) in [6, 6.07) is 4.39. The minimum absolute atomic E-state index is 0.340.